The van der Waals surface area contributed by atoms with E-state index in [0.717, 1.165) is 10.9 Å². The Bertz CT molecular complexity index is 420. The number of rotatable bonds is 4. The van der Waals surface area contributed by atoms with E-state index in [2.05, 4.69) is 21.2 Å². The maximum atomic E-state index is 12.0. The van der Waals surface area contributed by atoms with Gasteiger partial charge in [-0.25, -0.2) is 0 Å². The molecule has 0 spiro atoms. The Morgan fingerprint density at radius 2 is 2.17 bits per heavy atom. The van der Waals surface area contributed by atoms with Crippen LogP contribution in [-0.4, -0.2) is 30.7 Å². The zero-order valence-corrected chi connectivity index (χ0v) is 11.8. The van der Waals surface area contributed by atoms with E-state index in [0.29, 0.717) is 12.2 Å². The molecule has 0 bridgehead atoms. The van der Waals surface area contributed by atoms with Crippen LogP contribution < -0.4 is 11.1 Å². The topological polar surface area (TPSA) is 64.3 Å². The molecule has 0 heterocycles. The maximum absolute atomic E-state index is 12.0. The summed E-state index contributed by atoms with van der Waals surface area (Å²) in [4.78, 5) is 12.0. The molecule has 5 heteroatoms. The lowest BCUT2D eigenvalue weighted by atomic mass is 9.83. The first-order valence-electron chi connectivity index (χ1n) is 6.05. The highest BCUT2D eigenvalue weighted by molar-refractivity contribution is 9.10. The molecule has 0 aliphatic heterocycles. The lowest BCUT2D eigenvalue weighted by molar-refractivity contribution is -0.0300. The standard InChI is InChI=1S/C13H17BrN2O2/c1-2-18-11-7-10(15)12(11)16-13(17)8-3-5-9(14)6-4-8/h3-6,10-12H,2,7,15H2,1H3,(H,16,17). The van der Waals surface area contributed by atoms with Crippen molar-refractivity contribution >= 4 is 21.8 Å². The van der Waals surface area contributed by atoms with Crippen LogP contribution in [0.3, 0.4) is 0 Å². The van der Waals surface area contributed by atoms with Crippen molar-refractivity contribution in [3.63, 3.8) is 0 Å². The summed E-state index contributed by atoms with van der Waals surface area (Å²) in [5, 5.41) is 2.93. The van der Waals surface area contributed by atoms with Gasteiger partial charge in [-0.05, 0) is 37.6 Å². The number of nitrogens with two attached hydrogens (primary N) is 1. The molecule has 1 saturated carbocycles. The van der Waals surface area contributed by atoms with Crippen molar-refractivity contribution in [3.05, 3.63) is 34.3 Å². The molecular weight excluding hydrogens is 296 g/mol. The Hall–Kier alpha value is -0.910. The second kappa shape index (κ2) is 5.82. The molecule has 98 valence electrons. The fourth-order valence-corrected chi connectivity index (χ4v) is 2.33. The molecule has 3 unspecified atom stereocenters. The van der Waals surface area contributed by atoms with Crippen molar-refractivity contribution in [1.29, 1.82) is 0 Å². The van der Waals surface area contributed by atoms with Crippen LogP contribution in [0.15, 0.2) is 28.7 Å². The first-order valence-corrected chi connectivity index (χ1v) is 6.84. The quantitative estimate of drug-likeness (QED) is 0.889. The third-order valence-corrected chi connectivity index (χ3v) is 3.68. The predicted molar refractivity (Wildman–Crippen MR) is 73.4 cm³/mol. The van der Waals surface area contributed by atoms with Gasteiger partial charge in [0.25, 0.3) is 5.91 Å². The normalized spacial score (nSPS) is 26.5. The number of halogens is 1. The van der Waals surface area contributed by atoms with Gasteiger partial charge in [0.2, 0.25) is 0 Å². The van der Waals surface area contributed by atoms with Crippen molar-refractivity contribution in [1.82, 2.24) is 5.32 Å². The average Bonchev–Trinajstić information content (AvgIpc) is 2.36. The van der Waals surface area contributed by atoms with E-state index in [9.17, 15) is 4.79 Å². The molecule has 2 rings (SSSR count). The lowest BCUT2D eigenvalue weighted by Crippen LogP contribution is -2.64. The molecule has 1 fully saturated rings. The maximum Gasteiger partial charge on any atom is 0.251 e. The van der Waals surface area contributed by atoms with Gasteiger partial charge in [-0.3, -0.25) is 4.79 Å². The zero-order chi connectivity index (χ0) is 13.1. The Balaban J connectivity index is 1.96. The Kier molecular flexibility index (Phi) is 4.37. The molecule has 1 aliphatic carbocycles. The van der Waals surface area contributed by atoms with Gasteiger partial charge in [0, 0.05) is 22.7 Å². The van der Waals surface area contributed by atoms with Crippen molar-refractivity contribution in [2.75, 3.05) is 6.61 Å². The van der Waals surface area contributed by atoms with Crippen LogP contribution in [0, 0.1) is 0 Å². The number of carbonyl (C=O) groups excluding carboxylic acids is 1. The number of hydrogen-bond donors (Lipinski definition) is 2. The van der Waals surface area contributed by atoms with Gasteiger partial charge in [-0.1, -0.05) is 15.9 Å². The van der Waals surface area contributed by atoms with Crippen LogP contribution in [0.4, 0.5) is 0 Å². The van der Waals surface area contributed by atoms with E-state index >= 15 is 0 Å². The number of ether oxygens (including phenoxy) is 1. The van der Waals surface area contributed by atoms with Crippen molar-refractivity contribution < 1.29 is 9.53 Å². The molecule has 3 N–H and O–H groups in total. The summed E-state index contributed by atoms with van der Waals surface area (Å²) >= 11 is 3.34. The minimum Gasteiger partial charge on any atom is -0.376 e. The average molecular weight is 313 g/mol. The SMILES string of the molecule is CCOC1CC(N)C1NC(=O)c1ccc(Br)cc1. The van der Waals surface area contributed by atoms with E-state index in [-0.39, 0.29) is 24.1 Å². The predicted octanol–water partition coefficient (Wildman–Crippen LogP) is 1.68. The van der Waals surface area contributed by atoms with Crippen LogP contribution in [0.2, 0.25) is 0 Å². The summed E-state index contributed by atoms with van der Waals surface area (Å²) in [6, 6.07) is 7.14. The monoisotopic (exact) mass is 312 g/mol. The number of nitrogens with one attached hydrogen (secondary N) is 1. The van der Waals surface area contributed by atoms with Gasteiger partial charge in [-0.15, -0.1) is 0 Å². The lowest BCUT2D eigenvalue weighted by Gasteiger charge is -2.42. The minimum atomic E-state index is -0.104. The molecule has 3 atom stereocenters. The van der Waals surface area contributed by atoms with E-state index in [1.54, 1.807) is 12.1 Å². The van der Waals surface area contributed by atoms with Gasteiger partial charge in [0.1, 0.15) is 0 Å². The third kappa shape index (κ3) is 2.91. The van der Waals surface area contributed by atoms with E-state index < -0.39 is 0 Å². The molecule has 1 aromatic carbocycles. The van der Waals surface area contributed by atoms with Crippen molar-refractivity contribution in [3.8, 4) is 0 Å². The fourth-order valence-electron chi connectivity index (χ4n) is 2.06. The summed E-state index contributed by atoms with van der Waals surface area (Å²) in [7, 11) is 0. The molecule has 1 amide bonds. The largest absolute Gasteiger partial charge is 0.376 e. The van der Waals surface area contributed by atoms with Crippen molar-refractivity contribution in [2.24, 2.45) is 5.73 Å². The molecule has 0 radical (unpaired) electrons. The van der Waals surface area contributed by atoms with E-state index in [1.165, 1.54) is 0 Å². The fraction of sp³-hybridized carbons (Fsp3) is 0.462. The van der Waals surface area contributed by atoms with Crippen LogP contribution in [0.1, 0.15) is 23.7 Å². The van der Waals surface area contributed by atoms with E-state index in [1.807, 2.05) is 19.1 Å². The highest BCUT2D eigenvalue weighted by Gasteiger charge is 2.40. The summed E-state index contributed by atoms with van der Waals surface area (Å²) in [6.45, 7) is 2.58. The highest BCUT2D eigenvalue weighted by Crippen LogP contribution is 2.23. The van der Waals surface area contributed by atoms with Crippen LogP contribution in [0.25, 0.3) is 0 Å². The number of hydrogen-bond acceptors (Lipinski definition) is 3. The summed E-state index contributed by atoms with van der Waals surface area (Å²) in [6.07, 6.45) is 0.850. The molecule has 0 saturated heterocycles. The number of benzene rings is 1. The molecule has 4 nitrogen and oxygen atoms in total. The third-order valence-electron chi connectivity index (χ3n) is 3.15. The molecular formula is C13H17BrN2O2. The Morgan fingerprint density at radius 1 is 1.50 bits per heavy atom. The molecule has 1 aliphatic rings. The number of carbonyl (C=O) groups is 1. The summed E-state index contributed by atoms with van der Waals surface area (Å²) in [5.41, 5.74) is 6.52. The molecule has 0 aromatic heterocycles. The summed E-state index contributed by atoms with van der Waals surface area (Å²) < 4.78 is 6.47. The highest BCUT2D eigenvalue weighted by atomic mass is 79.9. The van der Waals surface area contributed by atoms with Gasteiger partial charge < -0.3 is 15.8 Å². The van der Waals surface area contributed by atoms with Crippen molar-refractivity contribution in [2.45, 2.75) is 31.5 Å². The van der Waals surface area contributed by atoms with Gasteiger partial charge in [0.05, 0.1) is 12.1 Å². The smallest absolute Gasteiger partial charge is 0.251 e. The second-order valence-corrected chi connectivity index (χ2v) is 5.32. The minimum absolute atomic E-state index is 0.0130. The number of amides is 1. The first kappa shape index (κ1) is 13.5. The van der Waals surface area contributed by atoms with Crippen LogP contribution >= 0.6 is 15.9 Å². The Morgan fingerprint density at radius 3 is 2.72 bits per heavy atom. The van der Waals surface area contributed by atoms with E-state index in [4.69, 9.17) is 10.5 Å². The van der Waals surface area contributed by atoms with Gasteiger partial charge in [-0.2, -0.15) is 0 Å². The second-order valence-electron chi connectivity index (χ2n) is 4.40. The Labute approximate surface area is 115 Å². The van der Waals surface area contributed by atoms with Crippen LogP contribution in [-0.2, 0) is 4.74 Å². The summed E-state index contributed by atoms with van der Waals surface area (Å²) in [5.74, 6) is -0.104. The van der Waals surface area contributed by atoms with Gasteiger partial charge in [0.15, 0.2) is 0 Å². The van der Waals surface area contributed by atoms with Crippen LogP contribution in [0.5, 0.6) is 0 Å². The first-order chi connectivity index (χ1) is 8.61. The molecule has 1 aromatic rings. The zero-order valence-electron chi connectivity index (χ0n) is 10.2. The van der Waals surface area contributed by atoms with Gasteiger partial charge >= 0.3 is 0 Å². The molecule has 18 heavy (non-hydrogen) atoms.